The average Bonchev–Trinajstić information content (AvgIpc) is 2.72. The highest BCUT2D eigenvalue weighted by molar-refractivity contribution is 5.87. The van der Waals surface area contributed by atoms with Crippen LogP contribution in [0, 0.1) is 0 Å². The molecular formula is C21H23NO5. The van der Waals surface area contributed by atoms with Crippen molar-refractivity contribution in [3.8, 4) is 0 Å². The van der Waals surface area contributed by atoms with Crippen LogP contribution in [-0.2, 0) is 27.4 Å². The number of amides is 1. The van der Waals surface area contributed by atoms with Gasteiger partial charge >= 0.3 is 5.97 Å². The van der Waals surface area contributed by atoms with Crippen molar-refractivity contribution in [3.05, 3.63) is 71.3 Å². The maximum absolute atomic E-state index is 12.9. The fourth-order valence-electron chi connectivity index (χ4n) is 3.04. The predicted octanol–water partition coefficient (Wildman–Crippen LogP) is 2.77. The summed E-state index contributed by atoms with van der Waals surface area (Å²) in [4.78, 5) is 23.8. The molecule has 2 aromatic rings. The number of carbonyl (C=O) groups excluding carboxylic acids is 1. The van der Waals surface area contributed by atoms with Crippen LogP contribution >= 0.6 is 0 Å². The third-order valence-electron chi connectivity index (χ3n) is 4.73. The monoisotopic (exact) mass is 369 g/mol. The molecule has 1 amide bonds. The van der Waals surface area contributed by atoms with E-state index in [1.165, 1.54) is 12.1 Å². The Morgan fingerprint density at radius 1 is 1.00 bits per heavy atom. The van der Waals surface area contributed by atoms with Gasteiger partial charge < -0.3 is 19.9 Å². The van der Waals surface area contributed by atoms with Crippen LogP contribution in [0.2, 0.25) is 0 Å². The lowest BCUT2D eigenvalue weighted by molar-refractivity contribution is -0.163. The van der Waals surface area contributed by atoms with Gasteiger partial charge in [-0.25, -0.2) is 4.79 Å². The molecule has 0 aliphatic carbocycles. The van der Waals surface area contributed by atoms with E-state index in [2.05, 4.69) is 5.32 Å². The highest BCUT2D eigenvalue weighted by Crippen LogP contribution is 2.27. The molecular weight excluding hydrogens is 346 g/mol. The maximum atomic E-state index is 12.9. The summed E-state index contributed by atoms with van der Waals surface area (Å²) in [5.74, 6) is -1.13. The smallest absolute Gasteiger partial charge is 0.335 e. The number of aromatic carboxylic acids is 1. The molecule has 6 heteroatoms. The minimum absolute atomic E-state index is 0.163. The highest BCUT2D eigenvalue weighted by Gasteiger charge is 2.41. The Hall–Kier alpha value is -2.70. The Bertz CT molecular complexity index is 767. The van der Waals surface area contributed by atoms with Gasteiger partial charge in [0, 0.05) is 32.6 Å². The first-order valence-electron chi connectivity index (χ1n) is 8.95. The predicted molar refractivity (Wildman–Crippen MR) is 99.3 cm³/mol. The number of ether oxygens (including phenoxy) is 2. The minimum Gasteiger partial charge on any atom is -0.478 e. The Kier molecular flexibility index (Phi) is 6.21. The fourth-order valence-corrected chi connectivity index (χ4v) is 3.04. The first kappa shape index (κ1) is 19.1. The van der Waals surface area contributed by atoms with Gasteiger partial charge in [0.2, 0.25) is 0 Å². The van der Waals surface area contributed by atoms with Crippen molar-refractivity contribution in [1.29, 1.82) is 0 Å². The van der Waals surface area contributed by atoms with Crippen molar-refractivity contribution in [2.75, 3.05) is 13.2 Å². The average molecular weight is 369 g/mol. The fraction of sp³-hybridized carbons (Fsp3) is 0.333. The van der Waals surface area contributed by atoms with E-state index in [1.807, 2.05) is 30.3 Å². The lowest BCUT2D eigenvalue weighted by Gasteiger charge is -2.35. The number of benzene rings is 2. The summed E-state index contributed by atoms with van der Waals surface area (Å²) < 4.78 is 11.5. The summed E-state index contributed by atoms with van der Waals surface area (Å²) >= 11 is 0. The molecule has 0 aromatic heterocycles. The van der Waals surface area contributed by atoms with Crippen molar-refractivity contribution in [3.63, 3.8) is 0 Å². The van der Waals surface area contributed by atoms with Crippen LogP contribution < -0.4 is 5.32 Å². The summed E-state index contributed by atoms with van der Waals surface area (Å²) in [6.45, 7) is 1.64. The molecule has 142 valence electrons. The largest absolute Gasteiger partial charge is 0.478 e. The van der Waals surface area contributed by atoms with Crippen molar-refractivity contribution in [1.82, 2.24) is 5.32 Å². The van der Waals surface area contributed by atoms with E-state index in [4.69, 9.17) is 14.6 Å². The Balaban J connectivity index is 1.63. The molecule has 0 unspecified atom stereocenters. The van der Waals surface area contributed by atoms with Gasteiger partial charge in [0.25, 0.3) is 5.91 Å². The van der Waals surface area contributed by atoms with Gasteiger partial charge in [-0.2, -0.15) is 0 Å². The maximum Gasteiger partial charge on any atom is 0.335 e. The standard InChI is InChI=1S/C21H23NO5/c23-19(24)18-8-6-16(7-9-18)14-22-20(25)21(10-12-26-13-11-21)27-15-17-4-2-1-3-5-17/h1-9H,10-15H2,(H,22,25)(H,23,24). The SMILES string of the molecule is O=C(O)c1ccc(CNC(=O)C2(OCc3ccccc3)CCOCC2)cc1. The second-order valence-electron chi connectivity index (χ2n) is 6.57. The molecule has 1 aliphatic heterocycles. The molecule has 3 rings (SSSR count). The van der Waals surface area contributed by atoms with Crippen molar-refractivity contribution < 1.29 is 24.2 Å². The Morgan fingerprint density at radius 3 is 2.30 bits per heavy atom. The van der Waals surface area contributed by atoms with Crippen molar-refractivity contribution >= 4 is 11.9 Å². The summed E-state index contributed by atoms with van der Waals surface area (Å²) in [6.07, 6.45) is 1.01. The van der Waals surface area contributed by atoms with Crippen molar-refractivity contribution in [2.24, 2.45) is 0 Å². The van der Waals surface area contributed by atoms with Gasteiger partial charge in [0.1, 0.15) is 0 Å². The molecule has 0 saturated carbocycles. The van der Waals surface area contributed by atoms with Crippen LogP contribution in [0.25, 0.3) is 0 Å². The third kappa shape index (κ3) is 4.93. The van der Waals surface area contributed by atoms with Crippen LogP contribution in [0.4, 0.5) is 0 Å². The molecule has 0 bridgehead atoms. The number of carboxylic acids is 1. The number of nitrogens with one attached hydrogen (secondary N) is 1. The number of hydrogen-bond acceptors (Lipinski definition) is 4. The zero-order valence-corrected chi connectivity index (χ0v) is 15.0. The zero-order valence-electron chi connectivity index (χ0n) is 15.0. The van der Waals surface area contributed by atoms with E-state index in [1.54, 1.807) is 12.1 Å². The summed E-state index contributed by atoms with van der Waals surface area (Å²) in [6, 6.07) is 16.2. The minimum atomic E-state index is -0.971. The summed E-state index contributed by atoms with van der Waals surface area (Å²) in [5.41, 5.74) is 1.16. The van der Waals surface area contributed by atoms with Gasteiger partial charge in [-0.1, -0.05) is 42.5 Å². The quantitative estimate of drug-likeness (QED) is 0.784. The highest BCUT2D eigenvalue weighted by atomic mass is 16.5. The Morgan fingerprint density at radius 2 is 1.67 bits per heavy atom. The number of hydrogen-bond donors (Lipinski definition) is 2. The third-order valence-corrected chi connectivity index (χ3v) is 4.73. The van der Waals surface area contributed by atoms with Crippen LogP contribution in [0.1, 0.15) is 34.3 Å². The topological polar surface area (TPSA) is 84.9 Å². The van der Waals surface area contributed by atoms with Gasteiger partial charge in [-0.3, -0.25) is 4.79 Å². The molecule has 1 aliphatic rings. The van der Waals surface area contributed by atoms with E-state index >= 15 is 0 Å². The molecule has 0 atom stereocenters. The molecule has 2 aromatic carbocycles. The van der Waals surface area contributed by atoms with Crippen LogP contribution in [-0.4, -0.2) is 35.8 Å². The number of carbonyl (C=O) groups is 2. The number of rotatable bonds is 7. The van der Waals surface area contributed by atoms with Gasteiger partial charge in [0.15, 0.2) is 5.60 Å². The molecule has 6 nitrogen and oxygen atoms in total. The zero-order chi connectivity index (χ0) is 19.1. The molecule has 1 heterocycles. The number of carboxylic acid groups (broad SMARTS) is 1. The first-order valence-corrected chi connectivity index (χ1v) is 8.95. The van der Waals surface area contributed by atoms with Gasteiger partial charge in [-0.05, 0) is 23.3 Å². The lowest BCUT2D eigenvalue weighted by Crippen LogP contribution is -2.52. The second-order valence-corrected chi connectivity index (χ2v) is 6.57. The van der Waals surface area contributed by atoms with E-state index in [0.29, 0.717) is 39.2 Å². The van der Waals surface area contributed by atoms with Crippen LogP contribution in [0.3, 0.4) is 0 Å². The van der Waals surface area contributed by atoms with Gasteiger partial charge in [-0.15, -0.1) is 0 Å². The summed E-state index contributed by atoms with van der Waals surface area (Å²) in [7, 11) is 0. The lowest BCUT2D eigenvalue weighted by atomic mass is 9.92. The molecule has 1 saturated heterocycles. The van der Waals surface area contributed by atoms with Gasteiger partial charge in [0.05, 0.1) is 12.2 Å². The molecule has 0 spiro atoms. The normalized spacial score (nSPS) is 15.9. The van der Waals surface area contributed by atoms with E-state index in [9.17, 15) is 9.59 Å². The van der Waals surface area contributed by atoms with E-state index in [-0.39, 0.29) is 11.5 Å². The second kappa shape index (κ2) is 8.79. The first-order chi connectivity index (χ1) is 13.1. The molecule has 0 radical (unpaired) electrons. The summed E-state index contributed by atoms with van der Waals surface area (Å²) in [5, 5.41) is 11.9. The molecule has 1 fully saturated rings. The molecule has 2 N–H and O–H groups in total. The van der Waals surface area contributed by atoms with E-state index < -0.39 is 11.6 Å². The van der Waals surface area contributed by atoms with E-state index in [0.717, 1.165) is 11.1 Å². The van der Waals surface area contributed by atoms with Crippen LogP contribution in [0.15, 0.2) is 54.6 Å². The van der Waals surface area contributed by atoms with Crippen molar-refractivity contribution in [2.45, 2.75) is 31.6 Å². The van der Waals surface area contributed by atoms with Crippen LogP contribution in [0.5, 0.6) is 0 Å². The Labute approximate surface area is 158 Å². The molecule has 27 heavy (non-hydrogen) atoms.